The van der Waals surface area contributed by atoms with Crippen molar-refractivity contribution in [2.45, 2.75) is 6.10 Å². The Morgan fingerprint density at radius 2 is 2.60 bits per heavy atom. The Morgan fingerprint density at radius 3 is 3.00 bits per heavy atom. The van der Waals surface area contributed by atoms with Gasteiger partial charge in [-0.2, -0.15) is 5.10 Å². The SMILES string of the molecule is Cn1cnc(C(O)CF)n1. The summed E-state index contributed by atoms with van der Waals surface area (Å²) in [4.78, 5) is 3.65. The summed E-state index contributed by atoms with van der Waals surface area (Å²) in [5.74, 6) is 0.130. The minimum Gasteiger partial charge on any atom is -0.382 e. The maximum Gasteiger partial charge on any atom is 0.181 e. The van der Waals surface area contributed by atoms with Crippen molar-refractivity contribution in [3.8, 4) is 0 Å². The number of aryl methyl sites for hydroxylation is 1. The Kier molecular flexibility index (Phi) is 1.96. The van der Waals surface area contributed by atoms with Crippen LogP contribution < -0.4 is 0 Å². The van der Waals surface area contributed by atoms with Gasteiger partial charge in [-0.3, -0.25) is 4.68 Å². The number of aromatic nitrogens is 3. The van der Waals surface area contributed by atoms with Gasteiger partial charge in [0.1, 0.15) is 19.1 Å². The minimum absolute atomic E-state index is 0.130. The van der Waals surface area contributed by atoms with Gasteiger partial charge in [0.25, 0.3) is 0 Å². The van der Waals surface area contributed by atoms with E-state index in [1.54, 1.807) is 7.05 Å². The molecule has 0 aliphatic rings. The maximum absolute atomic E-state index is 11.7. The lowest BCUT2D eigenvalue weighted by Gasteiger charge is -1.96. The van der Waals surface area contributed by atoms with Crippen molar-refractivity contribution < 1.29 is 9.50 Å². The van der Waals surface area contributed by atoms with E-state index in [1.807, 2.05) is 0 Å². The Bertz CT molecular complexity index is 212. The molecule has 1 aromatic rings. The van der Waals surface area contributed by atoms with E-state index in [0.29, 0.717) is 0 Å². The van der Waals surface area contributed by atoms with E-state index in [2.05, 4.69) is 10.1 Å². The molecule has 1 atom stereocenters. The van der Waals surface area contributed by atoms with Crippen LogP contribution in [0, 0.1) is 0 Å². The van der Waals surface area contributed by atoms with Crippen molar-refractivity contribution in [1.82, 2.24) is 14.8 Å². The van der Waals surface area contributed by atoms with E-state index >= 15 is 0 Å². The lowest BCUT2D eigenvalue weighted by atomic mass is 10.4. The molecule has 1 unspecified atom stereocenters. The fourth-order valence-corrected chi connectivity index (χ4v) is 0.578. The number of halogens is 1. The van der Waals surface area contributed by atoms with Gasteiger partial charge in [0.15, 0.2) is 5.82 Å². The molecule has 5 heteroatoms. The Hall–Kier alpha value is -0.970. The Labute approximate surface area is 57.3 Å². The molecular weight excluding hydrogens is 137 g/mol. The van der Waals surface area contributed by atoms with E-state index in [1.165, 1.54) is 11.0 Å². The zero-order valence-corrected chi connectivity index (χ0v) is 5.53. The van der Waals surface area contributed by atoms with Crippen LogP contribution >= 0.6 is 0 Å². The largest absolute Gasteiger partial charge is 0.382 e. The molecule has 0 fully saturated rings. The summed E-state index contributed by atoms with van der Waals surface area (Å²) in [5, 5.41) is 12.5. The highest BCUT2D eigenvalue weighted by molar-refractivity contribution is 4.86. The highest BCUT2D eigenvalue weighted by Crippen LogP contribution is 2.04. The van der Waals surface area contributed by atoms with Crippen LogP contribution in [0.2, 0.25) is 0 Å². The van der Waals surface area contributed by atoms with Gasteiger partial charge in [-0.15, -0.1) is 0 Å². The molecule has 1 rings (SSSR count). The van der Waals surface area contributed by atoms with Crippen molar-refractivity contribution in [3.63, 3.8) is 0 Å². The zero-order valence-electron chi connectivity index (χ0n) is 5.53. The molecule has 0 spiro atoms. The average molecular weight is 145 g/mol. The van der Waals surface area contributed by atoms with Crippen LogP contribution in [0.4, 0.5) is 4.39 Å². The quantitative estimate of drug-likeness (QED) is 0.628. The molecule has 0 bridgehead atoms. The third-order valence-corrected chi connectivity index (χ3v) is 1.06. The minimum atomic E-state index is -1.18. The van der Waals surface area contributed by atoms with E-state index < -0.39 is 12.8 Å². The summed E-state index contributed by atoms with van der Waals surface area (Å²) in [6, 6.07) is 0. The summed E-state index contributed by atoms with van der Waals surface area (Å²) in [6.07, 6.45) is 0.231. The first-order chi connectivity index (χ1) is 4.74. The van der Waals surface area contributed by atoms with Crippen LogP contribution in [0.5, 0.6) is 0 Å². The van der Waals surface area contributed by atoms with Gasteiger partial charge in [-0.25, -0.2) is 9.37 Å². The van der Waals surface area contributed by atoms with Gasteiger partial charge >= 0.3 is 0 Å². The highest BCUT2D eigenvalue weighted by atomic mass is 19.1. The Balaban J connectivity index is 2.74. The van der Waals surface area contributed by atoms with Gasteiger partial charge in [0.2, 0.25) is 0 Å². The molecule has 0 saturated heterocycles. The van der Waals surface area contributed by atoms with E-state index in [-0.39, 0.29) is 5.82 Å². The Morgan fingerprint density at radius 1 is 1.90 bits per heavy atom. The first kappa shape index (κ1) is 7.14. The summed E-state index contributed by atoms with van der Waals surface area (Å²) < 4.78 is 13.2. The maximum atomic E-state index is 11.7. The predicted octanol–water partition coefficient (Wildman–Crippen LogP) is -0.182. The van der Waals surface area contributed by atoms with Crippen LogP contribution in [0.3, 0.4) is 0 Å². The lowest BCUT2D eigenvalue weighted by Crippen LogP contribution is -2.02. The van der Waals surface area contributed by atoms with Gasteiger partial charge in [0.05, 0.1) is 0 Å². The molecule has 0 radical (unpaired) electrons. The lowest BCUT2D eigenvalue weighted by molar-refractivity contribution is 0.133. The summed E-state index contributed by atoms with van der Waals surface area (Å²) in [7, 11) is 1.65. The standard InChI is InChI=1S/C5H8FN3O/c1-9-3-7-5(8-9)4(10)2-6/h3-4,10H,2H2,1H3. The van der Waals surface area contributed by atoms with Gasteiger partial charge in [-0.1, -0.05) is 0 Å². The number of hydrogen-bond acceptors (Lipinski definition) is 3. The smallest absolute Gasteiger partial charge is 0.181 e. The molecule has 0 aliphatic heterocycles. The monoisotopic (exact) mass is 145 g/mol. The summed E-state index contributed by atoms with van der Waals surface area (Å²) in [5.41, 5.74) is 0. The second-order valence-electron chi connectivity index (χ2n) is 1.95. The summed E-state index contributed by atoms with van der Waals surface area (Å²) in [6.45, 7) is -0.843. The van der Waals surface area contributed by atoms with Crippen molar-refractivity contribution in [3.05, 3.63) is 12.2 Å². The van der Waals surface area contributed by atoms with Gasteiger partial charge in [-0.05, 0) is 0 Å². The van der Waals surface area contributed by atoms with E-state index in [0.717, 1.165) is 0 Å². The number of hydrogen-bond donors (Lipinski definition) is 1. The third-order valence-electron chi connectivity index (χ3n) is 1.06. The molecular formula is C5H8FN3O. The van der Waals surface area contributed by atoms with Crippen LogP contribution in [0.1, 0.15) is 11.9 Å². The van der Waals surface area contributed by atoms with Gasteiger partial charge < -0.3 is 5.11 Å². The second-order valence-corrected chi connectivity index (χ2v) is 1.95. The molecule has 56 valence electrons. The molecule has 4 nitrogen and oxygen atoms in total. The molecule has 0 aliphatic carbocycles. The summed E-state index contributed by atoms with van der Waals surface area (Å²) >= 11 is 0. The molecule has 0 aromatic carbocycles. The number of nitrogens with zero attached hydrogens (tertiary/aromatic N) is 3. The molecule has 0 amide bonds. The molecule has 1 N–H and O–H groups in total. The fourth-order valence-electron chi connectivity index (χ4n) is 0.578. The van der Waals surface area contributed by atoms with Crippen molar-refractivity contribution in [1.29, 1.82) is 0 Å². The van der Waals surface area contributed by atoms with Crippen molar-refractivity contribution in [2.24, 2.45) is 7.05 Å². The van der Waals surface area contributed by atoms with E-state index in [9.17, 15) is 4.39 Å². The molecule has 1 heterocycles. The van der Waals surface area contributed by atoms with Crippen LogP contribution in [0.15, 0.2) is 6.33 Å². The van der Waals surface area contributed by atoms with Crippen molar-refractivity contribution in [2.75, 3.05) is 6.67 Å². The second kappa shape index (κ2) is 2.74. The normalized spacial score (nSPS) is 13.5. The highest BCUT2D eigenvalue weighted by Gasteiger charge is 2.10. The molecule has 1 aromatic heterocycles. The topological polar surface area (TPSA) is 50.9 Å². The van der Waals surface area contributed by atoms with Crippen LogP contribution in [-0.2, 0) is 7.05 Å². The fraction of sp³-hybridized carbons (Fsp3) is 0.600. The first-order valence-electron chi connectivity index (χ1n) is 2.83. The van der Waals surface area contributed by atoms with E-state index in [4.69, 9.17) is 5.11 Å². The number of rotatable bonds is 2. The predicted molar refractivity (Wildman–Crippen MR) is 31.9 cm³/mol. The van der Waals surface area contributed by atoms with Crippen LogP contribution in [-0.4, -0.2) is 26.5 Å². The van der Waals surface area contributed by atoms with Crippen molar-refractivity contribution >= 4 is 0 Å². The number of aliphatic hydroxyl groups is 1. The number of aliphatic hydroxyl groups excluding tert-OH is 1. The molecule has 10 heavy (non-hydrogen) atoms. The first-order valence-corrected chi connectivity index (χ1v) is 2.83. The third kappa shape index (κ3) is 1.30. The zero-order chi connectivity index (χ0) is 7.56. The molecule has 0 saturated carbocycles. The average Bonchev–Trinajstić information content (AvgIpc) is 2.34. The van der Waals surface area contributed by atoms with Crippen LogP contribution in [0.25, 0.3) is 0 Å². The number of alkyl halides is 1. The van der Waals surface area contributed by atoms with Gasteiger partial charge in [0, 0.05) is 7.05 Å².